The van der Waals surface area contributed by atoms with Gasteiger partial charge in [-0.05, 0) is 42.8 Å². The van der Waals surface area contributed by atoms with Gasteiger partial charge in [0.1, 0.15) is 0 Å². The van der Waals surface area contributed by atoms with Gasteiger partial charge in [-0.1, -0.05) is 71.5 Å². The second-order valence-electron chi connectivity index (χ2n) is 6.34. The highest BCUT2D eigenvalue weighted by atomic mass is 35.5. The summed E-state index contributed by atoms with van der Waals surface area (Å²) in [5.41, 5.74) is 1.06. The molecule has 5 nitrogen and oxygen atoms in total. The van der Waals surface area contributed by atoms with E-state index in [-0.39, 0.29) is 12.5 Å². The normalized spacial score (nSPS) is 11.0. The molecule has 0 bridgehead atoms. The molecule has 0 fully saturated rings. The summed E-state index contributed by atoms with van der Waals surface area (Å²) in [5, 5.41) is 13.7. The molecule has 0 aliphatic rings. The molecular weight excluding hydrogens is 486 g/mol. The van der Waals surface area contributed by atoms with Crippen LogP contribution in [0, 0.1) is 0 Å². The summed E-state index contributed by atoms with van der Waals surface area (Å²) >= 11 is 26.0. The molecule has 0 atom stereocenters. The average Bonchev–Trinajstić information content (AvgIpc) is 3.13. The van der Waals surface area contributed by atoms with E-state index in [1.807, 2.05) is 10.6 Å². The molecule has 1 heterocycles. The molecular formula is C20H18Cl4N4OS. The number of nitrogens with one attached hydrogen (secondary N) is 1. The van der Waals surface area contributed by atoms with Crippen molar-refractivity contribution in [1.29, 1.82) is 0 Å². The fourth-order valence-corrected chi connectivity index (χ4v) is 4.35. The van der Waals surface area contributed by atoms with Crippen LogP contribution in [0.5, 0.6) is 0 Å². The number of carbonyl (C=O) groups is 1. The molecule has 0 radical (unpaired) electrons. The minimum atomic E-state index is -0.355. The topological polar surface area (TPSA) is 59.8 Å². The maximum absolute atomic E-state index is 12.6. The summed E-state index contributed by atoms with van der Waals surface area (Å²) in [4.78, 5) is 12.6. The molecule has 0 saturated heterocycles. The van der Waals surface area contributed by atoms with Gasteiger partial charge in [-0.15, -0.1) is 10.2 Å². The predicted molar refractivity (Wildman–Crippen MR) is 125 cm³/mol. The largest absolute Gasteiger partial charge is 0.345 e. The maximum atomic E-state index is 12.6. The monoisotopic (exact) mass is 502 g/mol. The first-order valence-electron chi connectivity index (χ1n) is 9.16. The number of benzene rings is 2. The molecule has 0 unspecified atom stereocenters. The molecule has 3 rings (SSSR count). The van der Waals surface area contributed by atoms with Gasteiger partial charge in [-0.2, -0.15) is 0 Å². The fraction of sp³-hybridized carbons (Fsp3) is 0.250. The molecule has 1 aromatic heterocycles. The van der Waals surface area contributed by atoms with Crippen LogP contribution in [0.1, 0.15) is 35.9 Å². The Morgan fingerprint density at radius 3 is 2.53 bits per heavy atom. The van der Waals surface area contributed by atoms with E-state index in [0.717, 1.165) is 24.3 Å². The van der Waals surface area contributed by atoms with Crippen molar-refractivity contribution in [2.45, 2.75) is 31.5 Å². The van der Waals surface area contributed by atoms with E-state index in [0.29, 0.717) is 36.6 Å². The SMILES string of the molecule is CCCCSc1nnc(CNC(=O)c2cc(Cl)ccc2Cl)n1-c1ccc(Cl)c(Cl)c1. The lowest BCUT2D eigenvalue weighted by molar-refractivity contribution is 0.0950. The second-order valence-corrected chi connectivity index (χ2v) is 9.06. The van der Waals surface area contributed by atoms with Crippen molar-refractivity contribution in [2.24, 2.45) is 0 Å². The molecule has 10 heteroatoms. The van der Waals surface area contributed by atoms with Gasteiger partial charge in [0.25, 0.3) is 5.91 Å². The van der Waals surface area contributed by atoms with Crippen LogP contribution in [0.2, 0.25) is 20.1 Å². The summed E-state index contributed by atoms with van der Waals surface area (Å²) in [7, 11) is 0. The number of nitrogens with zero attached hydrogens (tertiary/aromatic N) is 3. The first kappa shape index (κ1) is 23.2. The molecule has 2 aromatic carbocycles. The van der Waals surface area contributed by atoms with Crippen molar-refractivity contribution in [2.75, 3.05) is 5.75 Å². The van der Waals surface area contributed by atoms with Crippen molar-refractivity contribution in [3.8, 4) is 5.69 Å². The van der Waals surface area contributed by atoms with Crippen LogP contribution in [-0.4, -0.2) is 26.4 Å². The Bertz CT molecular complexity index is 1060. The Morgan fingerprint density at radius 1 is 1.03 bits per heavy atom. The van der Waals surface area contributed by atoms with Gasteiger partial charge in [0.15, 0.2) is 11.0 Å². The van der Waals surface area contributed by atoms with Crippen LogP contribution in [0.4, 0.5) is 0 Å². The quantitative estimate of drug-likeness (QED) is 0.274. The highest BCUT2D eigenvalue weighted by molar-refractivity contribution is 7.99. The van der Waals surface area contributed by atoms with Crippen molar-refractivity contribution >= 4 is 64.1 Å². The zero-order valence-electron chi connectivity index (χ0n) is 16.0. The van der Waals surface area contributed by atoms with E-state index >= 15 is 0 Å². The molecule has 1 amide bonds. The van der Waals surface area contributed by atoms with Gasteiger partial charge in [0, 0.05) is 10.8 Å². The van der Waals surface area contributed by atoms with Gasteiger partial charge in [0.05, 0.1) is 32.9 Å². The number of hydrogen-bond donors (Lipinski definition) is 1. The molecule has 0 aliphatic heterocycles. The Kier molecular flexibility index (Phi) is 8.31. The summed E-state index contributed by atoms with van der Waals surface area (Å²) < 4.78 is 1.86. The fourth-order valence-electron chi connectivity index (χ4n) is 2.63. The third-order valence-corrected chi connectivity index (χ3v) is 6.49. The molecule has 3 aromatic rings. The van der Waals surface area contributed by atoms with E-state index in [1.165, 1.54) is 6.07 Å². The van der Waals surface area contributed by atoms with E-state index in [1.54, 1.807) is 36.0 Å². The van der Waals surface area contributed by atoms with Crippen molar-refractivity contribution in [1.82, 2.24) is 20.1 Å². The molecule has 158 valence electrons. The lowest BCUT2D eigenvalue weighted by Gasteiger charge is -2.12. The number of rotatable bonds is 8. The first-order valence-corrected chi connectivity index (χ1v) is 11.7. The van der Waals surface area contributed by atoms with Gasteiger partial charge in [0.2, 0.25) is 0 Å². The van der Waals surface area contributed by atoms with Crippen LogP contribution >= 0.6 is 58.2 Å². The van der Waals surface area contributed by atoms with Gasteiger partial charge < -0.3 is 5.32 Å². The minimum Gasteiger partial charge on any atom is -0.345 e. The number of thioether (sulfide) groups is 1. The maximum Gasteiger partial charge on any atom is 0.253 e. The third kappa shape index (κ3) is 5.62. The number of amides is 1. The van der Waals surface area contributed by atoms with Crippen LogP contribution in [0.25, 0.3) is 5.69 Å². The molecule has 1 N–H and O–H groups in total. The van der Waals surface area contributed by atoms with Crippen molar-refractivity contribution in [3.63, 3.8) is 0 Å². The summed E-state index contributed by atoms with van der Waals surface area (Å²) in [6.45, 7) is 2.27. The molecule has 0 aliphatic carbocycles. The standard InChI is InChI=1S/C20H18Cl4N4OS/c1-2-3-8-30-20-27-26-18(28(20)13-5-7-16(23)17(24)10-13)11-25-19(29)14-9-12(21)4-6-15(14)22/h4-7,9-10H,2-3,8,11H2,1H3,(H,25,29). The Hall–Kier alpha value is -1.44. The molecule has 30 heavy (non-hydrogen) atoms. The third-order valence-electron chi connectivity index (χ3n) is 4.17. The Morgan fingerprint density at radius 2 is 1.80 bits per heavy atom. The van der Waals surface area contributed by atoms with Crippen molar-refractivity contribution < 1.29 is 4.79 Å². The smallest absolute Gasteiger partial charge is 0.253 e. The van der Waals surface area contributed by atoms with E-state index in [2.05, 4.69) is 22.4 Å². The van der Waals surface area contributed by atoms with Crippen LogP contribution in [0.3, 0.4) is 0 Å². The summed E-state index contributed by atoms with van der Waals surface area (Å²) in [6.07, 6.45) is 2.13. The lowest BCUT2D eigenvalue weighted by atomic mass is 10.2. The van der Waals surface area contributed by atoms with Crippen LogP contribution < -0.4 is 5.32 Å². The molecule has 0 saturated carbocycles. The number of unbranched alkanes of at least 4 members (excludes halogenated alkanes) is 1. The zero-order valence-corrected chi connectivity index (χ0v) is 19.8. The first-order chi connectivity index (χ1) is 14.4. The number of hydrogen-bond acceptors (Lipinski definition) is 4. The average molecular weight is 504 g/mol. The van der Waals surface area contributed by atoms with Crippen LogP contribution in [0.15, 0.2) is 41.6 Å². The minimum absolute atomic E-state index is 0.142. The number of carbonyl (C=O) groups excluding carboxylic acids is 1. The van der Waals surface area contributed by atoms with Crippen molar-refractivity contribution in [3.05, 3.63) is 67.9 Å². The van der Waals surface area contributed by atoms with E-state index in [9.17, 15) is 4.79 Å². The van der Waals surface area contributed by atoms with Crippen LogP contribution in [-0.2, 0) is 6.54 Å². The van der Waals surface area contributed by atoms with E-state index < -0.39 is 0 Å². The molecule has 0 spiro atoms. The highest BCUT2D eigenvalue weighted by Gasteiger charge is 2.17. The number of aromatic nitrogens is 3. The lowest BCUT2D eigenvalue weighted by Crippen LogP contribution is -2.25. The Balaban J connectivity index is 1.87. The summed E-state index contributed by atoms with van der Waals surface area (Å²) in [5.74, 6) is 1.10. The predicted octanol–water partition coefficient (Wildman–Crippen LogP) is 6.70. The van der Waals surface area contributed by atoms with Gasteiger partial charge in [-0.25, -0.2) is 0 Å². The van der Waals surface area contributed by atoms with Gasteiger partial charge in [-0.3, -0.25) is 9.36 Å². The zero-order chi connectivity index (χ0) is 21.7. The second kappa shape index (κ2) is 10.7. The van der Waals surface area contributed by atoms with Gasteiger partial charge >= 0.3 is 0 Å². The van der Waals surface area contributed by atoms with E-state index in [4.69, 9.17) is 46.4 Å². The highest BCUT2D eigenvalue weighted by Crippen LogP contribution is 2.28. The Labute approximate surface area is 199 Å². The number of halogens is 4. The summed E-state index contributed by atoms with van der Waals surface area (Å²) in [6, 6.07) is 10.0.